The molecular formula is C23H22N4O2S. The van der Waals surface area contributed by atoms with Crippen molar-refractivity contribution in [3.05, 3.63) is 98.4 Å². The SMILES string of the molecule is Cc1cccc(Oc2ccc(CCNc3ncc(Cc4nccs4)c(=O)[nH]3)cc2)c1. The Bertz CT molecular complexity index is 1150. The Labute approximate surface area is 178 Å². The van der Waals surface area contributed by atoms with Crippen molar-refractivity contribution >= 4 is 17.3 Å². The maximum Gasteiger partial charge on any atom is 0.255 e. The second-order valence-electron chi connectivity index (χ2n) is 6.93. The third kappa shape index (κ3) is 5.33. The number of nitrogens with zero attached hydrogens (tertiary/aromatic N) is 2. The van der Waals surface area contributed by atoms with Crippen molar-refractivity contribution in [1.29, 1.82) is 0 Å². The summed E-state index contributed by atoms with van der Waals surface area (Å²) in [5.74, 6) is 2.11. The first-order valence-electron chi connectivity index (χ1n) is 9.69. The summed E-state index contributed by atoms with van der Waals surface area (Å²) in [5, 5.41) is 5.97. The van der Waals surface area contributed by atoms with Crippen molar-refractivity contribution in [2.75, 3.05) is 11.9 Å². The largest absolute Gasteiger partial charge is 0.457 e. The van der Waals surface area contributed by atoms with E-state index in [9.17, 15) is 4.79 Å². The highest BCUT2D eigenvalue weighted by Crippen LogP contribution is 2.22. The van der Waals surface area contributed by atoms with Crippen LogP contribution in [0.15, 0.2) is 71.1 Å². The van der Waals surface area contributed by atoms with E-state index in [1.54, 1.807) is 12.4 Å². The number of nitrogens with one attached hydrogen (secondary N) is 2. The van der Waals surface area contributed by atoms with Crippen molar-refractivity contribution in [2.24, 2.45) is 0 Å². The standard InChI is InChI=1S/C23H22N4O2S/c1-16-3-2-4-20(13-16)29-19-7-5-17(6-8-19)9-10-25-23-26-15-18(22(28)27-23)14-21-24-11-12-30-21/h2-8,11-13,15H,9-10,14H2,1H3,(H2,25,26,27,28). The number of aromatic amines is 1. The van der Waals surface area contributed by atoms with Crippen LogP contribution in [0, 0.1) is 6.92 Å². The lowest BCUT2D eigenvalue weighted by molar-refractivity contribution is 0.482. The summed E-state index contributed by atoms with van der Waals surface area (Å²) < 4.78 is 5.88. The van der Waals surface area contributed by atoms with Gasteiger partial charge in [-0.2, -0.15) is 0 Å². The van der Waals surface area contributed by atoms with Crippen LogP contribution in [-0.4, -0.2) is 21.5 Å². The molecule has 0 aliphatic carbocycles. The molecular weight excluding hydrogens is 396 g/mol. The van der Waals surface area contributed by atoms with Gasteiger partial charge in [-0.05, 0) is 48.7 Å². The van der Waals surface area contributed by atoms with Gasteiger partial charge in [-0.25, -0.2) is 9.97 Å². The molecule has 0 fully saturated rings. The van der Waals surface area contributed by atoms with Gasteiger partial charge < -0.3 is 10.1 Å². The molecule has 0 saturated carbocycles. The van der Waals surface area contributed by atoms with E-state index in [4.69, 9.17) is 4.74 Å². The average Bonchev–Trinajstić information content (AvgIpc) is 3.25. The minimum Gasteiger partial charge on any atom is -0.457 e. The van der Waals surface area contributed by atoms with Crippen LogP contribution in [0.2, 0.25) is 0 Å². The third-order valence-electron chi connectivity index (χ3n) is 4.55. The molecule has 4 rings (SSSR count). The summed E-state index contributed by atoms with van der Waals surface area (Å²) in [6, 6.07) is 16.0. The summed E-state index contributed by atoms with van der Waals surface area (Å²) in [6.45, 7) is 2.70. The summed E-state index contributed by atoms with van der Waals surface area (Å²) in [5.41, 5.74) is 2.81. The topological polar surface area (TPSA) is 79.9 Å². The molecule has 2 heterocycles. The lowest BCUT2D eigenvalue weighted by Gasteiger charge is -2.08. The van der Waals surface area contributed by atoms with E-state index in [-0.39, 0.29) is 5.56 Å². The molecule has 30 heavy (non-hydrogen) atoms. The number of benzene rings is 2. The van der Waals surface area contributed by atoms with Gasteiger partial charge in [0.15, 0.2) is 0 Å². The van der Waals surface area contributed by atoms with Crippen LogP contribution in [0.25, 0.3) is 0 Å². The van der Waals surface area contributed by atoms with Crippen LogP contribution in [-0.2, 0) is 12.8 Å². The molecule has 0 aliphatic heterocycles. The van der Waals surface area contributed by atoms with E-state index < -0.39 is 0 Å². The molecule has 2 aromatic heterocycles. The summed E-state index contributed by atoms with van der Waals surface area (Å²) in [7, 11) is 0. The van der Waals surface area contributed by atoms with Gasteiger partial charge in [-0.1, -0.05) is 24.3 Å². The second kappa shape index (κ2) is 9.37. The van der Waals surface area contributed by atoms with E-state index in [1.165, 1.54) is 16.9 Å². The Morgan fingerprint density at radius 3 is 2.70 bits per heavy atom. The predicted octanol–water partition coefficient (Wildman–Crippen LogP) is 4.57. The van der Waals surface area contributed by atoms with E-state index in [0.717, 1.165) is 28.5 Å². The number of thiazole rings is 1. The van der Waals surface area contributed by atoms with Gasteiger partial charge in [0.25, 0.3) is 5.56 Å². The molecule has 4 aromatic rings. The van der Waals surface area contributed by atoms with Gasteiger partial charge >= 0.3 is 0 Å². The Kier molecular flexibility index (Phi) is 6.20. The summed E-state index contributed by atoms with van der Waals surface area (Å²) >= 11 is 1.53. The van der Waals surface area contributed by atoms with E-state index in [0.29, 0.717) is 24.5 Å². The minimum atomic E-state index is -0.139. The number of ether oxygens (including phenoxy) is 1. The predicted molar refractivity (Wildman–Crippen MR) is 120 cm³/mol. The maximum absolute atomic E-state index is 12.2. The zero-order chi connectivity index (χ0) is 20.8. The zero-order valence-electron chi connectivity index (χ0n) is 16.6. The quantitative estimate of drug-likeness (QED) is 0.438. The van der Waals surface area contributed by atoms with Crippen molar-refractivity contribution in [2.45, 2.75) is 19.8 Å². The number of rotatable bonds is 8. The third-order valence-corrected chi connectivity index (χ3v) is 5.33. The molecule has 0 radical (unpaired) electrons. The highest BCUT2D eigenvalue weighted by molar-refractivity contribution is 7.09. The maximum atomic E-state index is 12.2. The first kappa shape index (κ1) is 19.8. The molecule has 0 aliphatic rings. The van der Waals surface area contributed by atoms with Crippen molar-refractivity contribution in [1.82, 2.24) is 15.0 Å². The van der Waals surface area contributed by atoms with Crippen LogP contribution < -0.4 is 15.6 Å². The Balaban J connectivity index is 1.29. The summed E-state index contributed by atoms with van der Waals surface area (Å²) in [6.07, 6.45) is 4.64. The fourth-order valence-electron chi connectivity index (χ4n) is 3.00. The molecule has 0 unspecified atom stereocenters. The highest BCUT2D eigenvalue weighted by atomic mass is 32.1. The molecule has 0 saturated heterocycles. The normalized spacial score (nSPS) is 10.7. The van der Waals surface area contributed by atoms with Crippen molar-refractivity contribution in [3.63, 3.8) is 0 Å². The fraction of sp³-hybridized carbons (Fsp3) is 0.174. The number of H-pyrrole nitrogens is 1. The van der Waals surface area contributed by atoms with Gasteiger partial charge in [0, 0.05) is 36.3 Å². The molecule has 6 nitrogen and oxygen atoms in total. The minimum absolute atomic E-state index is 0.139. The van der Waals surface area contributed by atoms with Gasteiger partial charge in [-0.15, -0.1) is 11.3 Å². The van der Waals surface area contributed by atoms with Gasteiger partial charge in [0.2, 0.25) is 5.95 Å². The lowest BCUT2D eigenvalue weighted by Crippen LogP contribution is -2.18. The average molecular weight is 419 g/mol. The first-order valence-corrected chi connectivity index (χ1v) is 10.6. The molecule has 0 amide bonds. The van der Waals surface area contributed by atoms with Crippen LogP contribution in [0.1, 0.15) is 21.7 Å². The van der Waals surface area contributed by atoms with Gasteiger partial charge in [0.1, 0.15) is 11.5 Å². The molecule has 0 bridgehead atoms. The number of anilines is 1. The Morgan fingerprint density at radius 2 is 1.97 bits per heavy atom. The van der Waals surface area contributed by atoms with Crippen LogP contribution in [0.3, 0.4) is 0 Å². The lowest BCUT2D eigenvalue weighted by atomic mass is 10.1. The first-order chi connectivity index (χ1) is 14.7. The Morgan fingerprint density at radius 1 is 1.10 bits per heavy atom. The van der Waals surface area contributed by atoms with E-state index in [2.05, 4.69) is 20.3 Å². The molecule has 0 spiro atoms. The van der Waals surface area contributed by atoms with E-state index in [1.807, 2.05) is 60.8 Å². The van der Waals surface area contributed by atoms with Crippen molar-refractivity contribution < 1.29 is 4.74 Å². The molecule has 152 valence electrons. The number of aromatic nitrogens is 3. The number of hydrogen-bond donors (Lipinski definition) is 2. The van der Waals surface area contributed by atoms with Crippen LogP contribution >= 0.6 is 11.3 Å². The molecule has 7 heteroatoms. The Hall–Kier alpha value is -3.45. The molecule has 2 aromatic carbocycles. The number of aryl methyl sites for hydroxylation is 1. The zero-order valence-corrected chi connectivity index (χ0v) is 17.4. The number of hydrogen-bond acceptors (Lipinski definition) is 6. The van der Waals surface area contributed by atoms with Gasteiger partial charge in [-0.3, -0.25) is 9.78 Å². The monoisotopic (exact) mass is 418 g/mol. The second-order valence-corrected chi connectivity index (χ2v) is 7.91. The van der Waals surface area contributed by atoms with Crippen LogP contribution in [0.4, 0.5) is 5.95 Å². The van der Waals surface area contributed by atoms with Crippen molar-refractivity contribution in [3.8, 4) is 11.5 Å². The smallest absolute Gasteiger partial charge is 0.255 e. The van der Waals surface area contributed by atoms with E-state index >= 15 is 0 Å². The van der Waals surface area contributed by atoms with Gasteiger partial charge in [0.05, 0.1) is 5.01 Å². The highest BCUT2D eigenvalue weighted by Gasteiger charge is 2.06. The summed E-state index contributed by atoms with van der Waals surface area (Å²) in [4.78, 5) is 23.5. The molecule has 0 atom stereocenters. The molecule has 2 N–H and O–H groups in total. The van der Waals surface area contributed by atoms with Crippen LogP contribution in [0.5, 0.6) is 11.5 Å². The fourth-order valence-corrected chi connectivity index (χ4v) is 3.64.